The molecule has 0 saturated carbocycles. The Kier molecular flexibility index (Phi) is 5.07. The number of carbonyl (C=O) groups is 1. The van der Waals surface area contributed by atoms with E-state index in [1.165, 1.54) is 6.07 Å². The Balaban J connectivity index is 2.07. The van der Waals surface area contributed by atoms with E-state index in [4.69, 9.17) is 9.15 Å². The summed E-state index contributed by atoms with van der Waals surface area (Å²) >= 11 is 0. The maximum absolute atomic E-state index is 11.9. The van der Waals surface area contributed by atoms with E-state index in [1.807, 2.05) is 6.92 Å². The molecule has 3 aromatic rings. The van der Waals surface area contributed by atoms with E-state index in [9.17, 15) is 14.7 Å². The van der Waals surface area contributed by atoms with Crippen molar-refractivity contribution in [1.29, 1.82) is 0 Å². The minimum Gasteiger partial charge on any atom is -0.546 e. The fourth-order valence-corrected chi connectivity index (χ4v) is 3.02. The van der Waals surface area contributed by atoms with Crippen LogP contribution in [0.25, 0.3) is 11.0 Å². The highest BCUT2D eigenvalue weighted by atomic mass is 16.5. The molecule has 5 heteroatoms. The quantitative estimate of drug-likeness (QED) is 0.638. The minimum atomic E-state index is -1.34. The highest BCUT2D eigenvalue weighted by molar-refractivity contribution is 5.85. The molecule has 134 valence electrons. The Labute approximate surface area is 150 Å². The number of benzene rings is 2. The second-order valence-corrected chi connectivity index (χ2v) is 6.13. The summed E-state index contributed by atoms with van der Waals surface area (Å²) in [6, 6.07) is 13.6. The summed E-state index contributed by atoms with van der Waals surface area (Å²) in [5.41, 5.74) is 1.96. The lowest BCUT2D eigenvalue weighted by molar-refractivity contribution is -0.314. The molecule has 1 heterocycles. The summed E-state index contributed by atoms with van der Waals surface area (Å²) in [5.74, 6) is -0.996. The van der Waals surface area contributed by atoms with Crippen LogP contribution in [0.4, 0.5) is 0 Å². The Morgan fingerprint density at radius 1 is 1.19 bits per heavy atom. The zero-order valence-electron chi connectivity index (χ0n) is 14.7. The number of fused-ring (bicyclic) bond motifs is 1. The molecular weight excluding hydrogens is 332 g/mol. The van der Waals surface area contributed by atoms with Crippen molar-refractivity contribution in [3.8, 4) is 5.75 Å². The van der Waals surface area contributed by atoms with Crippen LogP contribution in [0.3, 0.4) is 0 Å². The standard InChI is InChI=1S/C21H20O5/c1-3-7-15-12-18(22)26-19-13(2)17(11-10-16(15)19)25-20(21(23)24)14-8-5-4-6-9-14/h4-6,8-12,20H,3,7H2,1-2H3,(H,23,24)/p-1/t20-/m0/s1. The SMILES string of the molecule is CCCc1cc(=O)oc2c(C)c(O[C@H](C(=O)[O-])c3ccccc3)ccc12. The van der Waals surface area contributed by atoms with Gasteiger partial charge in [0.25, 0.3) is 0 Å². The normalized spacial score (nSPS) is 12.1. The predicted octanol–water partition coefficient (Wildman–Crippen LogP) is 2.92. The first kappa shape index (κ1) is 17.7. The molecule has 0 fully saturated rings. The molecule has 0 saturated heterocycles. The van der Waals surface area contributed by atoms with Crippen LogP contribution >= 0.6 is 0 Å². The average molecular weight is 351 g/mol. The van der Waals surface area contributed by atoms with Gasteiger partial charge in [-0.25, -0.2) is 4.79 Å². The smallest absolute Gasteiger partial charge is 0.336 e. The van der Waals surface area contributed by atoms with E-state index in [1.54, 1.807) is 49.4 Å². The number of rotatable bonds is 6. The molecule has 1 aromatic heterocycles. The van der Waals surface area contributed by atoms with Gasteiger partial charge in [0, 0.05) is 17.0 Å². The number of ether oxygens (including phenoxy) is 1. The lowest BCUT2D eigenvalue weighted by atomic mass is 10.0. The topological polar surface area (TPSA) is 79.6 Å². The summed E-state index contributed by atoms with van der Waals surface area (Å²) in [5, 5.41) is 12.4. The molecule has 3 rings (SSSR count). The number of carboxylic acids is 1. The first-order chi connectivity index (χ1) is 12.5. The van der Waals surface area contributed by atoms with Crippen molar-refractivity contribution in [1.82, 2.24) is 0 Å². The van der Waals surface area contributed by atoms with Crippen molar-refractivity contribution in [3.63, 3.8) is 0 Å². The summed E-state index contributed by atoms with van der Waals surface area (Å²) in [4.78, 5) is 23.4. The van der Waals surface area contributed by atoms with E-state index in [0.29, 0.717) is 22.5 Å². The van der Waals surface area contributed by atoms with E-state index >= 15 is 0 Å². The maximum atomic E-state index is 11.9. The van der Waals surface area contributed by atoms with E-state index in [2.05, 4.69) is 0 Å². The van der Waals surface area contributed by atoms with E-state index < -0.39 is 17.7 Å². The Morgan fingerprint density at radius 2 is 1.92 bits per heavy atom. The molecule has 0 unspecified atom stereocenters. The van der Waals surface area contributed by atoms with Gasteiger partial charge in [-0.05, 0) is 36.6 Å². The molecule has 0 spiro atoms. The van der Waals surface area contributed by atoms with E-state index in [0.717, 1.165) is 23.8 Å². The first-order valence-electron chi connectivity index (χ1n) is 8.50. The number of hydrogen-bond acceptors (Lipinski definition) is 5. The molecule has 0 aliphatic carbocycles. The van der Waals surface area contributed by atoms with Gasteiger partial charge in [0.05, 0.1) is 5.97 Å². The molecule has 5 nitrogen and oxygen atoms in total. The molecule has 1 atom stereocenters. The lowest BCUT2D eigenvalue weighted by Crippen LogP contribution is -2.33. The first-order valence-corrected chi connectivity index (χ1v) is 8.50. The van der Waals surface area contributed by atoms with Gasteiger partial charge in [-0.3, -0.25) is 0 Å². The average Bonchev–Trinajstić information content (AvgIpc) is 2.62. The van der Waals surface area contributed by atoms with Gasteiger partial charge in [0.15, 0.2) is 6.10 Å². The number of aliphatic carboxylic acids is 1. The van der Waals surface area contributed by atoms with Crippen LogP contribution in [0.1, 0.15) is 36.1 Å². The maximum Gasteiger partial charge on any atom is 0.336 e. The monoisotopic (exact) mass is 351 g/mol. The highest BCUT2D eigenvalue weighted by Crippen LogP contribution is 2.31. The molecule has 0 amide bonds. The molecule has 26 heavy (non-hydrogen) atoms. The second-order valence-electron chi connectivity index (χ2n) is 6.13. The van der Waals surface area contributed by atoms with Crippen molar-refractivity contribution in [3.05, 3.63) is 75.6 Å². The van der Waals surface area contributed by atoms with Crippen molar-refractivity contribution in [2.45, 2.75) is 32.8 Å². The van der Waals surface area contributed by atoms with Crippen LogP contribution in [-0.4, -0.2) is 5.97 Å². The zero-order chi connectivity index (χ0) is 18.7. The molecular formula is C21H19O5-. The van der Waals surface area contributed by atoms with Crippen LogP contribution in [0.15, 0.2) is 57.7 Å². The minimum absolute atomic E-state index is 0.340. The predicted molar refractivity (Wildman–Crippen MR) is 96.0 cm³/mol. The van der Waals surface area contributed by atoms with E-state index in [-0.39, 0.29) is 0 Å². The van der Waals surface area contributed by atoms with Gasteiger partial charge in [-0.15, -0.1) is 0 Å². The zero-order valence-corrected chi connectivity index (χ0v) is 14.7. The van der Waals surface area contributed by atoms with Crippen molar-refractivity contribution in [2.24, 2.45) is 0 Å². The number of hydrogen-bond donors (Lipinski definition) is 0. The Bertz CT molecular complexity index is 988. The molecule has 2 aromatic carbocycles. The molecule has 0 bridgehead atoms. The van der Waals surface area contributed by atoms with Crippen LogP contribution in [0.2, 0.25) is 0 Å². The Morgan fingerprint density at radius 3 is 2.58 bits per heavy atom. The summed E-state index contributed by atoms with van der Waals surface area (Å²) in [7, 11) is 0. The number of aryl methyl sites for hydroxylation is 2. The van der Waals surface area contributed by atoms with Crippen molar-refractivity contribution in [2.75, 3.05) is 0 Å². The van der Waals surface area contributed by atoms with Gasteiger partial charge < -0.3 is 19.1 Å². The van der Waals surface area contributed by atoms with Crippen molar-refractivity contribution >= 4 is 16.9 Å². The van der Waals surface area contributed by atoms with Crippen LogP contribution < -0.4 is 15.5 Å². The number of carboxylic acid groups (broad SMARTS) is 1. The van der Waals surface area contributed by atoms with Crippen LogP contribution in [-0.2, 0) is 11.2 Å². The highest BCUT2D eigenvalue weighted by Gasteiger charge is 2.18. The summed E-state index contributed by atoms with van der Waals surface area (Å²) < 4.78 is 11.1. The molecule has 0 N–H and O–H groups in total. The van der Waals surface area contributed by atoms with Gasteiger partial charge in [0.1, 0.15) is 11.3 Å². The van der Waals surface area contributed by atoms with Gasteiger partial charge in [0.2, 0.25) is 0 Å². The third-order valence-electron chi connectivity index (χ3n) is 4.28. The third kappa shape index (κ3) is 3.47. The van der Waals surface area contributed by atoms with Crippen LogP contribution in [0.5, 0.6) is 5.75 Å². The fraction of sp³-hybridized carbons (Fsp3) is 0.238. The summed E-state index contributed by atoms with van der Waals surface area (Å²) in [6.45, 7) is 3.78. The molecule has 0 aliphatic heterocycles. The molecule has 0 radical (unpaired) electrons. The largest absolute Gasteiger partial charge is 0.546 e. The summed E-state index contributed by atoms with van der Waals surface area (Å²) in [6.07, 6.45) is 0.405. The van der Waals surface area contributed by atoms with Crippen molar-refractivity contribution < 1.29 is 19.1 Å². The van der Waals surface area contributed by atoms with Gasteiger partial charge in [-0.2, -0.15) is 0 Å². The lowest BCUT2D eigenvalue weighted by Gasteiger charge is -2.22. The third-order valence-corrected chi connectivity index (χ3v) is 4.28. The van der Waals surface area contributed by atoms with Gasteiger partial charge >= 0.3 is 5.63 Å². The molecule has 0 aliphatic rings. The van der Waals surface area contributed by atoms with Gasteiger partial charge in [-0.1, -0.05) is 43.7 Å². The second kappa shape index (κ2) is 7.44. The Hall–Kier alpha value is -3.08. The van der Waals surface area contributed by atoms with Crippen LogP contribution in [0, 0.1) is 6.92 Å². The fourth-order valence-electron chi connectivity index (χ4n) is 3.02. The number of carbonyl (C=O) groups excluding carboxylic acids is 1.